The smallest absolute Gasteiger partial charge is 0.267 e. The van der Waals surface area contributed by atoms with E-state index >= 15 is 0 Å². The molecular weight excluding hydrogens is 485 g/mol. The number of aromatic nitrogens is 2. The molecule has 35 heavy (non-hydrogen) atoms. The van der Waals surface area contributed by atoms with Crippen LogP contribution in [-0.4, -0.2) is 57.2 Å². The summed E-state index contributed by atoms with van der Waals surface area (Å²) in [5, 5.41) is 0. The third-order valence-corrected chi connectivity index (χ3v) is 7.36. The predicted octanol–water partition coefficient (Wildman–Crippen LogP) is 3.55. The van der Waals surface area contributed by atoms with Crippen LogP contribution in [-0.2, 0) is 4.79 Å². The monoisotopic (exact) mass is 507 g/mol. The maximum atomic E-state index is 13.5. The Labute approximate surface area is 211 Å². The van der Waals surface area contributed by atoms with Gasteiger partial charge in [-0.05, 0) is 42.5 Å². The van der Waals surface area contributed by atoms with E-state index in [1.54, 1.807) is 42.6 Å². The Bertz CT molecular complexity index is 1410. The van der Waals surface area contributed by atoms with Gasteiger partial charge in [-0.25, -0.2) is 9.37 Å². The summed E-state index contributed by atoms with van der Waals surface area (Å²) in [6, 6.07) is 11.8. The number of thiocarbonyl (C=S) groups is 1. The second-order valence-corrected chi connectivity index (χ2v) is 9.79. The van der Waals surface area contributed by atoms with Gasteiger partial charge in [0.1, 0.15) is 21.6 Å². The first-order valence-corrected chi connectivity index (χ1v) is 12.3. The van der Waals surface area contributed by atoms with Crippen molar-refractivity contribution >= 4 is 57.4 Å². The van der Waals surface area contributed by atoms with Gasteiger partial charge < -0.3 is 9.80 Å². The van der Waals surface area contributed by atoms with Crippen molar-refractivity contribution in [3.8, 4) is 0 Å². The fourth-order valence-corrected chi connectivity index (χ4v) is 5.46. The van der Waals surface area contributed by atoms with Gasteiger partial charge in [0.15, 0.2) is 0 Å². The van der Waals surface area contributed by atoms with E-state index in [1.807, 2.05) is 6.07 Å². The molecule has 2 saturated heterocycles. The third kappa shape index (κ3) is 4.46. The number of pyridine rings is 1. The minimum Gasteiger partial charge on any atom is -0.368 e. The van der Waals surface area contributed by atoms with E-state index < -0.39 is 0 Å². The number of hydrogen-bond donors (Lipinski definition) is 0. The fourth-order valence-electron chi connectivity index (χ4n) is 4.20. The molecule has 2 fully saturated rings. The zero-order chi connectivity index (χ0) is 24.5. The SMILES string of the molecule is C=CCN1C(=O)/C(=C/c2c(N3CCN(c4ccc(F)cc4)CC3)nc3ccccn3c2=O)SC1=S. The first-order valence-electron chi connectivity index (χ1n) is 11.1. The standard InChI is InChI=1S/C25H22FN5O2S2/c1-2-10-31-24(33)20(35-25(31)34)16-19-22(27-21-5-3-4-11-30(21)23(19)32)29-14-12-28(13-15-29)18-8-6-17(26)7-9-18/h2-9,11,16H,1,10,12-15H2/b20-16-. The van der Waals surface area contributed by atoms with Crippen LogP contribution in [0.1, 0.15) is 5.56 Å². The Balaban J connectivity index is 1.51. The average molecular weight is 508 g/mol. The highest BCUT2D eigenvalue weighted by Crippen LogP contribution is 2.33. The number of carbonyl (C=O) groups is 1. The Morgan fingerprint density at radius 1 is 1.06 bits per heavy atom. The van der Waals surface area contributed by atoms with E-state index in [4.69, 9.17) is 17.2 Å². The van der Waals surface area contributed by atoms with Crippen LogP contribution in [0.5, 0.6) is 0 Å². The van der Waals surface area contributed by atoms with E-state index in [-0.39, 0.29) is 17.3 Å². The van der Waals surface area contributed by atoms with Gasteiger partial charge >= 0.3 is 0 Å². The maximum Gasteiger partial charge on any atom is 0.267 e. The summed E-state index contributed by atoms with van der Waals surface area (Å²) in [7, 11) is 0. The summed E-state index contributed by atoms with van der Waals surface area (Å²) in [6.07, 6.45) is 4.90. The minimum absolute atomic E-state index is 0.246. The van der Waals surface area contributed by atoms with Crippen molar-refractivity contribution in [2.45, 2.75) is 0 Å². The molecule has 0 radical (unpaired) electrons. The van der Waals surface area contributed by atoms with E-state index in [0.717, 1.165) is 5.69 Å². The third-order valence-electron chi connectivity index (χ3n) is 5.98. The highest BCUT2D eigenvalue weighted by Gasteiger charge is 2.32. The highest BCUT2D eigenvalue weighted by atomic mass is 32.2. The lowest BCUT2D eigenvalue weighted by molar-refractivity contribution is -0.121. The maximum absolute atomic E-state index is 13.5. The van der Waals surface area contributed by atoms with Gasteiger partial charge in [0.25, 0.3) is 11.5 Å². The lowest BCUT2D eigenvalue weighted by Gasteiger charge is -2.37. The summed E-state index contributed by atoms with van der Waals surface area (Å²) in [6.45, 7) is 6.60. The number of carbonyl (C=O) groups excluding carboxylic acids is 1. The van der Waals surface area contributed by atoms with Crippen LogP contribution in [0.25, 0.3) is 11.7 Å². The molecule has 0 atom stereocenters. The number of piperazine rings is 1. The first kappa shape index (κ1) is 23.3. The van der Waals surface area contributed by atoms with E-state index in [2.05, 4.69) is 16.4 Å². The molecule has 1 amide bonds. The molecule has 4 heterocycles. The number of thioether (sulfide) groups is 1. The Morgan fingerprint density at radius 3 is 2.49 bits per heavy atom. The van der Waals surface area contributed by atoms with Gasteiger partial charge in [-0.3, -0.25) is 18.9 Å². The zero-order valence-corrected chi connectivity index (χ0v) is 20.4. The minimum atomic E-state index is -0.267. The predicted molar refractivity (Wildman–Crippen MR) is 142 cm³/mol. The lowest BCUT2D eigenvalue weighted by Crippen LogP contribution is -2.47. The molecule has 2 aromatic heterocycles. The van der Waals surface area contributed by atoms with Crippen LogP contribution >= 0.6 is 24.0 Å². The molecule has 3 aromatic rings. The van der Waals surface area contributed by atoms with Gasteiger partial charge in [0, 0.05) is 44.6 Å². The second-order valence-electron chi connectivity index (χ2n) is 8.11. The number of fused-ring (bicyclic) bond motifs is 1. The molecule has 0 aliphatic carbocycles. The number of nitrogens with zero attached hydrogens (tertiary/aromatic N) is 5. The van der Waals surface area contributed by atoms with Crippen LogP contribution in [0.2, 0.25) is 0 Å². The Kier molecular flexibility index (Phi) is 6.40. The largest absolute Gasteiger partial charge is 0.368 e. The topological polar surface area (TPSA) is 61.2 Å². The molecule has 0 spiro atoms. The average Bonchev–Trinajstić information content (AvgIpc) is 3.14. The van der Waals surface area contributed by atoms with Crippen molar-refractivity contribution in [3.05, 3.63) is 88.0 Å². The number of halogens is 1. The lowest BCUT2D eigenvalue weighted by atomic mass is 10.2. The van der Waals surface area contributed by atoms with Crippen LogP contribution in [0, 0.1) is 5.82 Å². The molecule has 2 aliphatic rings. The molecule has 10 heteroatoms. The van der Waals surface area contributed by atoms with Crippen molar-refractivity contribution < 1.29 is 9.18 Å². The summed E-state index contributed by atoms with van der Waals surface area (Å²) >= 11 is 6.53. The molecule has 178 valence electrons. The van der Waals surface area contributed by atoms with Gasteiger partial charge in [0.05, 0.1) is 10.5 Å². The van der Waals surface area contributed by atoms with Crippen LogP contribution in [0.3, 0.4) is 0 Å². The van der Waals surface area contributed by atoms with E-state index in [1.165, 1.54) is 33.2 Å². The van der Waals surface area contributed by atoms with Gasteiger partial charge in [0.2, 0.25) is 0 Å². The summed E-state index contributed by atoms with van der Waals surface area (Å²) in [5.74, 6) is 0.0230. The number of rotatable bonds is 5. The molecule has 2 aliphatic heterocycles. The van der Waals surface area contributed by atoms with Gasteiger partial charge in [-0.15, -0.1) is 6.58 Å². The first-order chi connectivity index (χ1) is 17.0. The molecular formula is C25H22FN5O2S2. The van der Waals surface area contributed by atoms with Gasteiger partial charge in [-0.1, -0.05) is 36.1 Å². The highest BCUT2D eigenvalue weighted by molar-refractivity contribution is 8.26. The normalized spacial score (nSPS) is 17.6. The molecule has 0 unspecified atom stereocenters. The molecule has 5 rings (SSSR count). The zero-order valence-electron chi connectivity index (χ0n) is 18.8. The van der Waals surface area contributed by atoms with Crippen LogP contribution in [0.4, 0.5) is 15.9 Å². The molecule has 0 saturated carbocycles. The van der Waals surface area contributed by atoms with Crippen molar-refractivity contribution in [2.24, 2.45) is 0 Å². The Hall–Kier alpha value is -3.50. The van der Waals surface area contributed by atoms with Gasteiger partial charge in [-0.2, -0.15) is 0 Å². The van der Waals surface area contributed by atoms with Crippen LogP contribution in [0.15, 0.2) is 71.0 Å². The second kappa shape index (κ2) is 9.63. The molecule has 7 nitrogen and oxygen atoms in total. The fraction of sp³-hybridized carbons (Fsp3) is 0.200. The van der Waals surface area contributed by atoms with Crippen molar-refractivity contribution in [3.63, 3.8) is 0 Å². The summed E-state index contributed by atoms with van der Waals surface area (Å²) in [4.78, 5) is 37.3. The Morgan fingerprint density at radius 2 is 1.77 bits per heavy atom. The summed E-state index contributed by atoms with van der Waals surface area (Å²) in [5.41, 5.74) is 1.58. The van der Waals surface area contributed by atoms with Crippen molar-refractivity contribution in [2.75, 3.05) is 42.5 Å². The molecule has 0 N–H and O–H groups in total. The van der Waals surface area contributed by atoms with Crippen molar-refractivity contribution in [1.29, 1.82) is 0 Å². The quantitative estimate of drug-likeness (QED) is 0.297. The number of amides is 1. The summed E-state index contributed by atoms with van der Waals surface area (Å²) < 4.78 is 15.2. The number of hydrogen-bond acceptors (Lipinski definition) is 7. The van der Waals surface area contributed by atoms with Crippen LogP contribution < -0.4 is 15.4 Å². The van der Waals surface area contributed by atoms with E-state index in [9.17, 15) is 14.0 Å². The van der Waals surface area contributed by atoms with Crippen molar-refractivity contribution in [1.82, 2.24) is 14.3 Å². The van der Waals surface area contributed by atoms with E-state index in [0.29, 0.717) is 59.0 Å². The number of benzene rings is 1. The molecule has 0 bridgehead atoms. The molecule has 1 aromatic carbocycles. The number of anilines is 2.